The first kappa shape index (κ1) is 18.2. The Balaban J connectivity index is 3.03. The molecule has 0 radical (unpaired) electrons. The summed E-state index contributed by atoms with van der Waals surface area (Å²) in [5.41, 5.74) is 3.42. The van der Waals surface area contributed by atoms with Crippen molar-refractivity contribution in [2.75, 3.05) is 18.1 Å². The number of nitrogens with one attached hydrogen (secondary N) is 1. The minimum absolute atomic E-state index is 0.117. The molecule has 0 aliphatic carbocycles. The fourth-order valence-corrected chi connectivity index (χ4v) is 4.50. The van der Waals surface area contributed by atoms with Crippen LogP contribution in [0.2, 0.25) is 0 Å². The number of benzene rings is 1. The molecule has 0 saturated carbocycles. The average molecular weight is 311 g/mol. The van der Waals surface area contributed by atoms with Gasteiger partial charge in [-0.15, -0.1) is 0 Å². The van der Waals surface area contributed by atoms with Gasteiger partial charge in [-0.05, 0) is 43.9 Å². The molecule has 0 bridgehead atoms. The SMILES string of the molecule is CCCNC(CS(=O)(=O)CC(C)C)c1cc(C)ccc1C. The van der Waals surface area contributed by atoms with Crippen LogP contribution in [-0.4, -0.2) is 26.5 Å². The first-order valence-electron chi connectivity index (χ1n) is 7.76. The zero-order valence-corrected chi connectivity index (χ0v) is 14.8. The van der Waals surface area contributed by atoms with Gasteiger partial charge in [-0.25, -0.2) is 8.42 Å². The third kappa shape index (κ3) is 6.18. The van der Waals surface area contributed by atoms with E-state index in [4.69, 9.17) is 0 Å². The molecule has 4 heteroatoms. The van der Waals surface area contributed by atoms with Gasteiger partial charge >= 0.3 is 0 Å². The van der Waals surface area contributed by atoms with E-state index in [-0.39, 0.29) is 23.5 Å². The van der Waals surface area contributed by atoms with E-state index >= 15 is 0 Å². The second-order valence-corrected chi connectivity index (χ2v) is 8.49. The van der Waals surface area contributed by atoms with Crippen LogP contribution in [0.4, 0.5) is 0 Å². The molecule has 21 heavy (non-hydrogen) atoms. The molecule has 0 fully saturated rings. The smallest absolute Gasteiger partial charge is 0.152 e. The fraction of sp³-hybridized carbons (Fsp3) is 0.647. The minimum Gasteiger partial charge on any atom is -0.309 e. The van der Waals surface area contributed by atoms with Gasteiger partial charge in [0.1, 0.15) is 0 Å². The van der Waals surface area contributed by atoms with Crippen molar-refractivity contribution in [1.29, 1.82) is 0 Å². The second-order valence-electron chi connectivity index (χ2n) is 6.34. The monoisotopic (exact) mass is 311 g/mol. The van der Waals surface area contributed by atoms with Crippen molar-refractivity contribution >= 4 is 9.84 Å². The van der Waals surface area contributed by atoms with E-state index in [1.807, 2.05) is 27.7 Å². The van der Waals surface area contributed by atoms with Crippen LogP contribution in [-0.2, 0) is 9.84 Å². The van der Waals surface area contributed by atoms with Gasteiger partial charge in [0.15, 0.2) is 9.84 Å². The molecule has 120 valence electrons. The van der Waals surface area contributed by atoms with Crippen LogP contribution in [0.5, 0.6) is 0 Å². The van der Waals surface area contributed by atoms with E-state index in [1.165, 1.54) is 5.56 Å². The lowest BCUT2D eigenvalue weighted by molar-refractivity contribution is 0.539. The van der Waals surface area contributed by atoms with Crippen molar-refractivity contribution in [2.24, 2.45) is 5.92 Å². The maximum Gasteiger partial charge on any atom is 0.152 e. The van der Waals surface area contributed by atoms with Crippen molar-refractivity contribution in [3.8, 4) is 0 Å². The Bertz CT molecular complexity index is 550. The van der Waals surface area contributed by atoms with Gasteiger partial charge in [0.05, 0.1) is 11.5 Å². The lowest BCUT2D eigenvalue weighted by Crippen LogP contribution is -2.31. The van der Waals surface area contributed by atoms with Crippen molar-refractivity contribution in [3.05, 3.63) is 34.9 Å². The highest BCUT2D eigenvalue weighted by Crippen LogP contribution is 2.22. The number of sulfone groups is 1. The summed E-state index contributed by atoms with van der Waals surface area (Å²) >= 11 is 0. The van der Waals surface area contributed by atoms with Crippen LogP contribution in [0.1, 0.15) is 49.9 Å². The number of rotatable bonds is 8. The zero-order valence-electron chi connectivity index (χ0n) is 13.9. The van der Waals surface area contributed by atoms with Crippen LogP contribution >= 0.6 is 0 Å². The molecule has 0 aliphatic heterocycles. The first-order valence-corrected chi connectivity index (χ1v) is 9.58. The number of hydrogen-bond acceptors (Lipinski definition) is 3. The van der Waals surface area contributed by atoms with Crippen LogP contribution in [0.15, 0.2) is 18.2 Å². The summed E-state index contributed by atoms with van der Waals surface area (Å²) in [6.45, 7) is 10.9. The van der Waals surface area contributed by atoms with Gasteiger partial charge < -0.3 is 5.32 Å². The van der Waals surface area contributed by atoms with E-state index in [2.05, 4.69) is 30.4 Å². The Morgan fingerprint density at radius 3 is 2.38 bits per heavy atom. The Labute approximate surface area is 130 Å². The van der Waals surface area contributed by atoms with Gasteiger partial charge in [-0.2, -0.15) is 0 Å². The van der Waals surface area contributed by atoms with Gasteiger partial charge in [0.25, 0.3) is 0 Å². The molecule has 1 N–H and O–H groups in total. The highest BCUT2D eigenvalue weighted by Gasteiger charge is 2.22. The quantitative estimate of drug-likeness (QED) is 0.800. The first-order chi connectivity index (χ1) is 9.75. The Hall–Kier alpha value is -0.870. The highest BCUT2D eigenvalue weighted by atomic mass is 32.2. The number of aryl methyl sites for hydroxylation is 2. The van der Waals surface area contributed by atoms with Crippen molar-refractivity contribution < 1.29 is 8.42 Å². The molecule has 1 aromatic rings. The highest BCUT2D eigenvalue weighted by molar-refractivity contribution is 7.91. The molecular weight excluding hydrogens is 282 g/mol. The predicted octanol–water partition coefficient (Wildman–Crippen LogP) is 3.41. The molecule has 0 saturated heterocycles. The Morgan fingerprint density at radius 1 is 1.14 bits per heavy atom. The predicted molar refractivity (Wildman–Crippen MR) is 90.4 cm³/mol. The third-order valence-electron chi connectivity index (χ3n) is 3.46. The van der Waals surface area contributed by atoms with Gasteiger partial charge in [-0.1, -0.05) is 44.5 Å². The largest absolute Gasteiger partial charge is 0.309 e. The van der Waals surface area contributed by atoms with Crippen LogP contribution < -0.4 is 5.32 Å². The van der Waals surface area contributed by atoms with Gasteiger partial charge in [-0.3, -0.25) is 0 Å². The van der Waals surface area contributed by atoms with Gasteiger partial charge in [0.2, 0.25) is 0 Å². The minimum atomic E-state index is -3.05. The average Bonchev–Trinajstić information content (AvgIpc) is 2.36. The normalized spacial score (nSPS) is 13.6. The number of hydrogen-bond donors (Lipinski definition) is 1. The summed E-state index contributed by atoms with van der Waals surface area (Å²) in [6, 6.07) is 6.13. The zero-order chi connectivity index (χ0) is 16.0. The summed E-state index contributed by atoms with van der Waals surface area (Å²) in [5, 5.41) is 3.40. The summed E-state index contributed by atoms with van der Waals surface area (Å²) < 4.78 is 24.7. The van der Waals surface area contributed by atoms with Crippen LogP contribution in [0.25, 0.3) is 0 Å². The molecule has 1 aromatic carbocycles. The van der Waals surface area contributed by atoms with E-state index in [0.717, 1.165) is 24.1 Å². The lowest BCUT2D eigenvalue weighted by Gasteiger charge is -2.22. The molecule has 1 atom stereocenters. The fourth-order valence-electron chi connectivity index (χ4n) is 2.54. The molecule has 0 heterocycles. The topological polar surface area (TPSA) is 46.2 Å². The van der Waals surface area contributed by atoms with E-state index < -0.39 is 9.84 Å². The van der Waals surface area contributed by atoms with Crippen LogP contribution in [0, 0.1) is 19.8 Å². The molecule has 1 unspecified atom stereocenters. The third-order valence-corrected chi connectivity index (χ3v) is 5.47. The Kier molecular flexibility index (Phi) is 6.88. The van der Waals surface area contributed by atoms with E-state index in [0.29, 0.717) is 0 Å². The molecular formula is C17H29NO2S. The molecule has 1 rings (SSSR count). The summed E-state index contributed by atoms with van der Waals surface area (Å²) in [6.07, 6.45) is 0.992. The van der Waals surface area contributed by atoms with Crippen molar-refractivity contribution in [3.63, 3.8) is 0 Å². The van der Waals surface area contributed by atoms with E-state index in [1.54, 1.807) is 0 Å². The standard InChI is InChI=1S/C17H29NO2S/c1-6-9-18-17(12-21(19,20)11-13(2)3)16-10-14(4)7-8-15(16)5/h7-8,10,13,17-18H,6,9,11-12H2,1-5H3. The molecule has 0 aromatic heterocycles. The summed E-state index contributed by atoms with van der Waals surface area (Å²) in [7, 11) is -3.05. The van der Waals surface area contributed by atoms with Crippen molar-refractivity contribution in [1.82, 2.24) is 5.32 Å². The molecule has 0 amide bonds. The molecule has 0 spiro atoms. The Morgan fingerprint density at radius 2 is 1.81 bits per heavy atom. The molecule has 3 nitrogen and oxygen atoms in total. The summed E-state index contributed by atoms with van der Waals surface area (Å²) in [4.78, 5) is 0. The maximum absolute atomic E-state index is 12.3. The van der Waals surface area contributed by atoms with E-state index in [9.17, 15) is 8.42 Å². The maximum atomic E-state index is 12.3. The van der Waals surface area contributed by atoms with Crippen molar-refractivity contribution in [2.45, 2.75) is 47.1 Å². The summed E-state index contributed by atoms with van der Waals surface area (Å²) in [5.74, 6) is 0.595. The molecule has 0 aliphatic rings. The van der Waals surface area contributed by atoms with Gasteiger partial charge in [0, 0.05) is 6.04 Å². The lowest BCUT2D eigenvalue weighted by atomic mass is 10.00. The second kappa shape index (κ2) is 7.95. The van der Waals surface area contributed by atoms with Crippen LogP contribution in [0.3, 0.4) is 0 Å².